The molecular weight excluding hydrogens is 260 g/mol. The van der Waals surface area contributed by atoms with Crippen LogP contribution in [0.15, 0.2) is 36.5 Å². The summed E-state index contributed by atoms with van der Waals surface area (Å²) in [4.78, 5) is 22.3. The summed E-state index contributed by atoms with van der Waals surface area (Å²) in [5.74, 6) is -1.21. The standard InChI is InChI=1S/C13H14N4O3/c18-12(8-10-4-2-1-3-5-10)14-6-7-17-9-11(13(19)20)15-16-17/h1-5,9H,6-8H2,(H,14,18)(H,19,20). The molecule has 104 valence electrons. The van der Waals surface area contributed by atoms with Gasteiger partial charge >= 0.3 is 5.97 Å². The van der Waals surface area contributed by atoms with Crippen molar-refractivity contribution >= 4 is 11.9 Å². The highest BCUT2D eigenvalue weighted by atomic mass is 16.4. The van der Waals surface area contributed by atoms with E-state index in [1.807, 2.05) is 30.3 Å². The van der Waals surface area contributed by atoms with Gasteiger partial charge in [0.2, 0.25) is 5.91 Å². The third-order valence-corrected chi connectivity index (χ3v) is 2.63. The number of nitrogens with one attached hydrogen (secondary N) is 1. The molecule has 1 aromatic carbocycles. The van der Waals surface area contributed by atoms with Gasteiger partial charge in [-0.1, -0.05) is 35.5 Å². The van der Waals surface area contributed by atoms with Crippen molar-refractivity contribution in [2.45, 2.75) is 13.0 Å². The Labute approximate surface area is 115 Å². The first-order valence-electron chi connectivity index (χ1n) is 6.09. The molecule has 0 atom stereocenters. The predicted molar refractivity (Wildman–Crippen MR) is 70.1 cm³/mol. The molecule has 0 aliphatic carbocycles. The zero-order chi connectivity index (χ0) is 14.4. The summed E-state index contributed by atoms with van der Waals surface area (Å²) in [5, 5.41) is 18.6. The second-order valence-corrected chi connectivity index (χ2v) is 4.18. The molecule has 0 unspecified atom stereocenters. The molecule has 1 heterocycles. The van der Waals surface area contributed by atoms with Gasteiger partial charge in [-0.3, -0.25) is 4.79 Å². The highest BCUT2D eigenvalue weighted by Crippen LogP contribution is 1.99. The second kappa shape index (κ2) is 6.46. The van der Waals surface area contributed by atoms with Crippen LogP contribution in [0, 0.1) is 0 Å². The van der Waals surface area contributed by atoms with Gasteiger partial charge in [0.1, 0.15) is 0 Å². The first-order chi connectivity index (χ1) is 9.65. The lowest BCUT2D eigenvalue weighted by molar-refractivity contribution is -0.120. The van der Waals surface area contributed by atoms with E-state index in [1.165, 1.54) is 10.9 Å². The summed E-state index contributed by atoms with van der Waals surface area (Å²) < 4.78 is 1.38. The van der Waals surface area contributed by atoms with Crippen molar-refractivity contribution < 1.29 is 14.7 Å². The third-order valence-electron chi connectivity index (χ3n) is 2.63. The average Bonchev–Trinajstić information content (AvgIpc) is 2.89. The second-order valence-electron chi connectivity index (χ2n) is 4.18. The highest BCUT2D eigenvalue weighted by molar-refractivity contribution is 5.84. The van der Waals surface area contributed by atoms with Crippen molar-refractivity contribution in [3.63, 3.8) is 0 Å². The molecule has 0 spiro atoms. The minimum absolute atomic E-state index is 0.0882. The van der Waals surface area contributed by atoms with Crippen LogP contribution in [-0.2, 0) is 17.8 Å². The Balaban J connectivity index is 1.75. The molecule has 0 aliphatic rings. The molecule has 1 aromatic heterocycles. The van der Waals surface area contributed by atoms with Crippen LogP contribution in [0.5, 0.6) is 0 Å². The number of carbonyl (C=O) groups is 2. The van der Waals surface area contributed by atoms with Crippen LogP contribution in [0.4, 0.5) is 0 Å². The Bertz CT molecular complexity index is 595. The van der Waals surface area contributed by atoms with Crippen LogP contribution >= 0.6 is 0 Å². The van der Waals surface area contributed by atoms with Crippen molar-refractivity contribution in [1.82, 2.24) is 20.3 Å². The number of carboxylic acids is 1. The zero-order valence-corrected chi connectivity index (χ0v) is 10.7. The molecule has 20 heavy (non-hydrogen) atoms. The van der Waals surface area contributed by atoms with Crippen molar-refractivity contribution in [1.29, 1.82) is 0 Å². The van der Waals surface area contributed by atoms with E-state index in [2.05, 4.69) is 15.6 Å². The minimum Gasteiger partial charge on any atom is -0.476 e. The van der Waals surface area contributed by atoms with E-state index in [4.69, 9.17) is 5.11 Å². The van der Waals surface area contributed by atoms with Crippen molar-refractivity contribution in [3.05, 3.63) is 47.8 Å². The molecule has 7 nitrogen and oxygen atoms in total. The molecular formula is C13H14N4O3. The van der Waals surface area contributed by atoms with Gasteiger partial charge in [0.05, 0.1) is 19.2 Å². The number of carboxylic acid groups (broad SMARTS) is 1. The van der Waals surface area contributed by atoms with Crippen LogP contribution in [0.25, 0.3) is 0 Å². The van der Waals surface area contributed by atoms with Gasteiger partial charge in [0.15, 0.2) is 5.69 Å². The fourth-order valence-corrected chi connectivity index (χ4v) is 1.66. The van der Waals surface area contributed by atoms with E-state index in [9.17, 15) is 9.59 Å². The number of amides is 1. The van der Waals surface area contributed by atoms with Crippen LogP contribution in [0.1, 0.15) is 16.1 Å². The molecule has 7 heteroatoms. The van der Waals surface area contributed by atoms with Crippen LogP contribution < -0.4 is 5.32 Å². The quantitative estimate of drug-likeness (QED) is 0.791. The van der Waals surface area contributed by atoms with Gasteiger partial charge in [0, 0.05) is 6.54 Å². The van der Waals surface area contributed by atoms with Gasteiger partial charge in [0.25, 0.3) is 0 Å². The van der Waals surface area contributed by atoms with Crippen molar-refractivity contribution in [2.24, 2.45) is 0 Å². The third kappa shape index (κ3) is 3.91. The van der Waals surface area contributed by atoms with E-state index < -0.39 is 5.97 Å². The number of hydrogen-bond acceptors (Lipinski definition) is 4. The Morgan fingerprint density at radius 2 is 2.00 bits per heavy atom. The molecule has 2 N–H and O–H groups in total. The van der Waals surface area contributed by atoms with E-state index in [0.717, 1.165) is 5.56 Å². The van der Waals surface area contributed by atoms with Gasteiger partial charge in [-0.15, -0.1) is 5.10 Å². The van der Waals surface area contributed by atoms with E-state index in [1.54, 1.807) is 0 Å². The Morgan fingerprint density at radius 1 is 1.25 bits per heavy atom. The van der Waals surface area contributed by atoms with E-state index in [0.29, 0.717) is 19.5 Å². The topological polar surface area (TPSA) is 97.1 Å². The average molecular weight is 274 g/mol. The molecule has 0 saturated carbocycles. The number of hydrogen-bond donors (Lipinski definition) is 2. The summed E-state index contributed by atoms with van der Waals surface area (Å²) in [6.07, 6.45) is 1.64. The van der Waals surface area contributed by atoms with Crippen molar-refractivity contribution in [3.8, 4) is 0 Å². The maximum Gasteiger partial charge on any atom is 0.358 e. The normalized spacial score (nSPS) is 10.2. The largest absolute Gasteiger partial charge is 0.476 e. The van der Waals surface area contributed by atoms with Crippen molar-refractivity contribution in [2.75, 3.05) is 6.54 Å². The predicted octanol–water partition coefficient (Wildman–Crippen LogP) is 0.335. The molecule has 0 bridgehead atoms. The fraction of sp³-hybridized carbons (Fsp3) is 0.231. The summed E-state index contributed by atoms with van der Waals surface area (Å²) in [6.45, 7) is 0.745. The summed E-state index contributed by atoms with van der Waals surface area (Å²) in [6, 6.07) is 9.43. The number of carbonyl (C=O) groups excluding carboxylic acids is 1. The maximum atomic E-state index is 11.7. The number of aromatic carboxylic acids is 1. The lowest BCUT2D eigenvalue weighted by Crippen LogP contribution is -2.28. The lowest BCUT2D eigenvalue weighted by Gasteiger charge is -2.05. The monoisotopic (exact) mass is 274 g/mol. The van der Waals surface area contributed by atoms with Gasteiger partial charge in [-0.05, 0) is 5.56 Å². The first kappa shape index (κ1) is 13.7. The Kier molecular flexibility index (Phi) is 4.43. The lowest BCUT2D eigenvalue weighted by atomic mass is 10.1. The van der Waals surface area contributed by atoms with Gasteiger partial charge < -0.3 is 10.4 Å². The number of aromatic nitrogens is 3. The van der Waals surface area contributed by atoms with E-state index >= 15 is 0 Å². The molecule has 2 aromatic rings. The summed E-state index contributed by atoms with van der Waals surface area (Å²) in [5.41, 5.74) is 0.833. The smallest absolute Gasteiger partial charge is 0.358 e. The van der Waals surface area contributed by atoms with Gasteiger partial charge in [-0.2, -0.15) is 0 Å². The number of rotatable bonds is 6. The Morgan fingerprint density at radius 3 is 2.65 bits per heavy atom. The minimum atomic E-state index is -1.12. The van der Waals surface area contributed by atoms with E-state index in [-0.39, 0.29) is 11.6 Å². The van der Waals surface area contributed by atoms with Crippen LogP contribution in [0.2, 0.25) is 0 Å². The zero-order valence-electron chi connectivity index (χ0n) is 10.7. The molecule has 0 fully saturated rings. The summed E-state index contributed by atoms with van der Waals surface area (Å²) >= 11 is 0. The SMILES string of the molecule is O=C(Cc1ccccc1)NCCn1cc(C(=O)O)nn1. The number of benzene rings is 1. The molecule has 0 aliphatic heterocycles. The first-order valence-corrected chi connectivity index (χ1v) is 6.09. The van der Waals surface area contributed by atoms with Gasteiger partial charge in [-0.25, -0.2) is 9.48 Å². The fourth-order valence-electron chi connectivity index (χ4n) is 1.66. The van der Waals surface area contributed by atoms with Crippen LogP contribution in [-0.4, -0.2) is 38.5 Å². The highest BCUT2D eigenvalue weighted by Gasteiger charge is 2.08. The molecule has 0 radical (unpaired) electrons. The number of nitrogens with zero attached hydrogens (tertiary/aromatic N) is 3. The molecule has 0 saturated heterocycles. The van der Waals surface area contributed by atoms with Crippen LogP contribution in [0.3, 0.4) is 0 Å². The molecule has 2 rings (SSSR count). The maximum absolute atomic E-state index is 11.7. The summed E-state index contributed by atoms with van der Waals surface area (Å²) in [7, 11) is 0. The Hall–Kier alpha value is -2.70. The molecule has 1 amide bonds.